The van der Waals surface area contributed by atoms with Crippen LogP contribution in [0.3, 0.4) is 0 Å². The van der Waals surface area contributed by atoms with Crippen LogP contribution in [0, 0.1) is 0 Å². The highest BCUT2D eigenvalue weighted by Crippen LogP contribution is 2.15. The summed E-state index contributed by atoms with van der Waals surface area (Å²) in [6, 6.07) is 14.3. The normalized spacial score (nSPS) is 10.1. The molecule has 0 unspecified atom stereocenters. The fourth-order valence-corrected chi connectivity index (χ4v) is 1.65. The third-order valence-electron chi connectivity index (χ3n) is 2.35. The van der Waals surface area contributed by atoms with E-state index in [1.807, 2.05) is 30.5 Å². The maximum absolute atomic E-state index is 4.52. The van der Waals surface area contributed by atoms with Crippen molar-refractivity contribution in [3.05, 3.63) is 48.7 Å². The van der Waals surface area contributed by atoms with Gasteiger partial charge in [-0.25, -0.2) is 4.98 Å². The molecule has 0 fully saturated rings. The highest BCUT2D eigenvalue weighted by atomic mass is 79.9. The third-order valence-corrected chi connectivity index (χ3v) is 2.35. The minimum Gasteiger partial charge on any atom is -1.00 e. The molecule has 0 aliphatic carbocycles. The fourth-order valence-electron chi connectivity index (χ4n) is 1.65. The van der Waals surface area contributed by atoms with E-state index in [4.69, 9.17) is 0 Å². The van der Waals surface area contributed by atoms with E-state index in [9.17, 15) is 0 Å². The first-order valence-corrected chi connectivity index (χ1v) is 4.60. The second-order valence-electron chi connectivity index (χ2n) is 3.29. The SMILES string of the molecule is [Br-].c1ccc2nc3[nH+]cccc3cc2c1. The zero-order valence-corrected chi connectivity index (χ0v) is 9.53. The molecule has 2 aromatic heterocycles. The van der Waals surface area contributed by atoms with Crippen LogP contribution in [0.15, 0.2) is 48.7 Å². The fraction of sp³-hybridized carbons (Fsp3) is 0. The van der Waals surface area contributed by atoms with Crippen molar-refractivity contribution in [3.8, 4) is 0 Å². The number of H-pyrrole nitrogens is 1. The summed E-state index contributed by atoms with van der Waals surface area (Å²) in [5.74, 6) is 0. The largest absolute Gasteiger partial charge is 1.00 e. The van der Waals surface area contributed by atoms with E-state index in [0.29, 0.717) is 0 Å². The number of rotatable bonds is 0. The molecule has 3 aromatic rings. The summed E-state index contributed by atoms with van der Waals surface area (Å²) < 4.78 is 0. The summed E-state index contributed by atoms with van der Waals surface area (Å²) in [5.41, 5.74) is 1.97. The van der Waals surface area contributed by atoms with Crippen LogP contribution in [0.2, 0.25) is 0 Å². The van der Waals surface area contributed by atoms with Crippen molar-refractivity contribution in [1.29, 1.82) is 0 Å². The predicted octanol–water partition coefficient (Wildman–Crippen LogP) is -0.794. The number of hydrogen-bond acceptors (Lipinski definition) is 1. The first kappa shape index (κ1) is 10.1. The number of para-hydroxylation sites is 1. The molecule has 0 aliphatic heterocycles. The van der Waals surface area contributed by atoms with Crippen molar-refractivity contribution in [2.24, 2.45) is 0 Å². The zero-order valence-electron chi connectivity index (χ0n) is 7.94. The Bertz CT molecular complexity index is 502. The minimum atomic E-state index is 0. The maximum Gasteiger partial charge on any atom is 0.328 e. The van der Waals surface area contributed by atoms with Crippen LogP contribution in [0.25, 0.3) is 21.9 Å². The Morgan fingerprint density at radius 3 is 2.67 bits per heavy atom. The lowest BCUT2D eigenvalue weighted by Crippen LogP contribution is -3.00. The van der Waals surface area contributed by atoms with Crippen LogP contribution in [-0.2, 0) is 0 Å². The number of nitrogens with one attached hydrogen (secondary N) is 1. The lowest BCUT2D eigenvalue weighted by atomic mass is 10.2. The van der Waals surface area contributed by atoms with Gasteiger partial charge in [0.15, 0.2) is 5.52 Å². The maximum atomic E-state index is 4.52. The summed E-state index contributed by atoms with van der Waals surface area (Å²) in [6.45, 7) is 0. The molecule has 1 aromatic carbocycles. The molecule has 74 valence electrons. The molecule has 0 amide bonds. The van der Waals surface area contributed by atoms with E-state index < -0.39 is 0 Å². The average molecular weight is 261 g/mol. The van der Waals surface area contributed by atoms with Crippen LogP contribution in [-0.4, -0.2) is 4.98 Å². The van der Waals surface area contributed by atoms with Gasteiger partial charge in [0.25, 0.3) is 0 Å². The molecule has 3 heteroatoms. The van der Waals surface area contributed by atoms with E-state index in [1.54, 1.807) is 0 Å². The number of aromatic nitrogens is 2. The van der Waals surface area contributed by atoms with E-state index in [2.05, 4.69) is 28.2 Å². The van der Waals surface area contributed by atoms with Crippen LogP contribution >= 0.6 is 0 Å². The number of halogens is 1. The van der Waals surface area contributed by atoms with Crippen molar-refractivity contribution >= 4 is 21.9 Å². The predicted molar refractivity (Wildman–Crippen MR) is 55.8 cm³/mol. The van der Waals surface area contributed by atoms with Gasteiger partial charge in [-0.05, 0) is 29.2 Å². The number of fused-ring (bicyclic) bond motifs is 2. The summed E-state index contributed by atoms with van der Waals surface area (Å²) >= 11 is 0. The molecule has 0 aliphatic rings. The van der Waals surface area contributed by atoms with Gasteiger partial charge < -0.3 is 17.0 Å². The lowest BCUT2D eigenvalue weighted by Gasteiger charge is -1.92. The first-order chi connectivity index (χ1) is 6.93. The summed E-state index contributed by atoms with van der Waals surface area (Å²) in [6.07, 6.45) is 1.89. The highest BCUT2D eigenvalue weighted by Gasteiger charge is 2.05. The first-order valence-electron chi connectivity index (χ1n) is 4.60. The second-order valence-corrected chi connectivity index (χ2v) is 3.29. The van der Waals surface area contributed by atoms with Crippen molar-refractivity contribution < 1.29 is 22.0 Å². The topological polar surface area (TPSA) is 27.0 Å². The molecule has 0 saturated carbocycles. The van der Waals surface area contributed by atoms with Crippen molar-refractivity contribution in [2.75, 3.05) is 0 Å². The molecule has 15 heavy (non-hydrogen) atoms. The Morgan fingerprint density at radius 1 is 0.933 bits per heavy atom. The molecule has 2 heterocycles. The second kappa shape index (κ2) is 3.95. The molecule has 0 bridgehead atoms. The van der Waals surface area contributed by atoms with Crippen LogP contribution in [0.5, 0.6) is 0 Å². The average Bonchev–Trinajstić information content (AvgIpc) is 2.26. The molecular weight excluding hydrogens is 252 g/mol. The van der Waals surface area contributed by atoms with Gasteiger partial charge in [0.05, 0.1) is 11.6 Å². The smallest absolute Gasteiger partial charge is 0.328 e. The zero-order chi connectivity index (χ0) is 9.38. The summed E-state index contributed by atoms with van der Waals surface area (Å²) in [5, 5.41) is 2.32. The molecule has 0 saturated heterocycles. The number of aromatic amines is 1. The Hall–Kier alpha value is -1.48. The molecular formula is C12H9BrN2. The summed E-state index contributed by atoms with van der Waals surface area (Å²) in [7, 11) is 0. The summed E-state index contributed by atoms with van der Waals surface area (Å²) in [4.78, 5) is 7.65. The molecule has 0 atom stereocenters. The van der Waals surface area contributed by atoms with Gasteiger partial charge in [0.2, 0.25) is 0 Å². The van der Waals surface area contributed by atoms with Gasteiger partial charge in [-0.2, -0.15) is 0 Å². The van der Waals surface area contributed by atoms with Gasteiger partial charge in [0.1, 0.15) is 0 Å². The monoisotopic (exact) mass is 260 g/mol. The lowest BCUT2D eigenvalue weighted by molar-refractivity contribution is -0.347. The van der Waals surface area contributed by atoms with Gasteiger partial charge >= 0.3 is 5.65 Å². The highest BCUT2D eigenvalue weighted by molar-refractivity contribution is 5.89. The molecule has 0 spiro atoms. The minimum absolute atomic E-state index is 0. The quantitative estimate of drug-likeness (QED) is 0.487. The van der Waals surface area contributed by atoms with Crippen LogP contribution < -0.4 is 22.0 Å². The third kappa shape index (κ3) is 1.70. The number of hydrogen-bond donors (Lipinski definition) is 0. The van der Waals surface area contributed by atoms with E-state index >= 15 is 0 Å². The Labute approximate surface area is 97.7 Å². The molecule has 1 N–H and O–H groups in total. The van der Waals surface area contributed by atoms with Crippen molar-refractivity contribution in [2.45, 2.75) is 0 Å². The van der Waals surface area contributed by atoms with Gasteiger partial charge in [-0.15, -0.1) is 0 Å². The number of pyridine rings is 2. The van der Waals surface area contributed by atoms with E-state index in [1.165, 1.54) is 5.39 Å². The van der Waals surface area contributed by atoms with Gasteiger partial charge in [0, 0.05) is 5.39 Å². The van der Waals surface area contributed by atoms with Crippen LogP contribution in [0.1, 0.15) is 0 Å². The van der Waals surface area contributed by atoms with Crippen molar-refractivity contribution in [3.63, 3.8) is 0 Å². The van der Waals surface area contributed by atoms with E-state index in [-0.39, 0.29) is 17.0 Å². The van der Waals surface area contributed by atoms with Crippen LogP contribution in [0.4, 0.5) is 0 Å². The molecule has 3 rings (SSSR count). The number of benzene rings is 1. The Balaban J connectivity index is 0.000000853. The molecule has 2 nitrogen and oxygen atoms in total. The van der Waals surface area contributed by atoms with E-state index in [0.717, 1.165) is 16.6 Å². The Kier molecular flexibility index (Phi) is 2.64. The van der Waals surface area contributed by atoms with Gasteiger partial charge in [-0.1, -0.05) is 18.2 Å². The number of nitrogens with zero attached hydrogens (tertiary/aromatic N) is 1. The van der Waals surface area contributed by atoms with Gasteiger partial charge in [-0.3, -0.25) is 0 Å². The Morgan fingerprint density at radius 2 is 1.73 bits per heavy atom. The molecule has 0 radical (unpaired) electrons. The standard InChI is InChI=1S/C12H8N2.BrH/c1-2-6-11-9(4-1)8-10-5-3-7-13-12(10)14-11;/h1-8H;1H. The van der Waals surface area contributed by atoms with Crippen molar-refractivity contribution in [1.82, 2.24) is 4.98 Å².